The van der Waals surface area contributed by atoms with Crippen LogP contribution in [0.15, 0.2) is 84.9 Å². The van der Waals surface area contributed by atoms with Crippen LogP contribution in [0.1, 0.15) is 36.5 Å². The highest BCUT2D eigenvalue weighted by Gasteiger charge is 2.27. The number of carbonyl (C=O) groups is 4. The first-order valence-electron chi connectivity index (χ1n) is 13.0. The molecule has 0 aromatic heterocycles. The van der Waals surface area contributed by atoms with E-state index in [-0.39, 0.29) is 25.7 Å². The van der Waals surface area contributed by atoms with Gasteiger partial charge in [-0.1, -0.05) is 86.1 Å². The number of nitrogens with one attached hydrogen (secondary N) is 2. The second-order valence-electron chi connectivity index (χ2n) is 9.08. The van der Waals surface area contributed by atoms with Crippen molar-refractivity contribution in [1.82, 2.24) is 10.6 Å². The minimum Gasteiger partial charge on any atom is -0.494 e. The Morgan fingerprint density at radius 1 is 0.769 bits per heavy atom. The third-order valence-corrected chi connectivity index (χ3v) is 6.01. The second kappa shape index (κ2) is 15.7. The molecule has 0 bridgehead atoms. The molecular formula is C31H34N2O6. The minimum atomic E-state index is -1.10. The Kier molecular flexibility index (Phi) is 11.7. The van der Waals surface area contributed by atoms with Gasteiger partial charge in [-0.3, -0.25) is 14.4 Å². The average Bonchev–Trinajstić information content (AvgIpc) is 2.97. The SMILES string of the molecule is CCCCOc1ccc(C[C@H](NC(=O)[C@H](Cc2ccccc2)NC(=O)OCc2ccccc2)C(=O)C=O)cc1. The molecule has 0 aliphatic heterocycles. The number of ketones is 1. The lowest BCUT2D eigenvalue weighted by Crippen LogP contribution is -2.53. The number of carbonyl (C=O) groups excluding carboxylic acids is 4. The molecule has 0 saturated heterocycles. The molecule has 2 amide bonds. The first-order valence-corrected chi connectivity index (χ1v) is 13.0. The largest absolute Gasteiger partial charge is 0.494 e. The van der Waals surface area contributed by atoms with E-state index in [1.165, 1.54) is 0 Å². The molecule has 204 valence electrons. The Morgan fingerprint density at radius 2 is 1.36 bits per heavy atom. The number of Topliss-reactive ketones (excluding diaryl/α,β-unsaturated/α-hetero) is 1. The average molecular weight is 531 g/mol. The van der Waals surface area contributed by atoms with Gasteiger partial charge in [-0.05, 0) is 35.2 Å². The van der Waals surface area contributed by atoms with E-state index >= 15 is 0 Å². The van der Waals surface area contributed by atoms with Crippen LogP contribution in [0.3, 0.4) is 0 Å². The molecule has 0 fully saturated rings. The van der Waals surface area contributed by atoms with E-state index < -0.39 is 29.9 Å². The summed E-state index contributed by atoms with van der Waals surface area (Å²) in [5.74, 6) is -0.664. The molecule has 0 aliphatic rings. The summed E-state index contributed by atoms with van der Waals surface area (Å²) in [5, 5.41) is 5.26. The van der Waals surface area contributed by atoms with E-state index in [1.807, 2.05) is 60.7 Å². The summed E-state index contributed by atoms with van der Waals surface area (Å²) in [7, 11) is 0. The molecule has 0 radical (unpaired) electrons. The van der Waals surface area contributed by atoms with Crippen molar-refractivity contribution in [3.8, 4) is 5.75 Å². The summed E-state index contributed by atoms with van der Waals surface area (Å²) >= 11 is 0. The van der Waals surface area contributed by atoms with Gasteiger partial charge in [-0.15, -0.1) is 0 Å². The summed E-state index contributed by atoms with van der Waals surface area (Å²) in [5.41, 5.74) is 2.35. The zero-order valence-electron chi connectivity index (χ0n) is 22.0. The van der Waals surface area contributed by atoms with Crippen LogP contribution < -0.4 is 15.4 Å². The predicted octanol–water partition coefficient (Wildman–Crippen LogP) is 4.20. The van der Waals surface area contributed by atoms with Crippen LogP contribution in [0.2, 0.25) is 0 Å². The maximum Gasteiger partial charge on any atom is 0.408 e. The molecule has 0 saturated carbocycles. The lowest BCUT2D eigenvalue weighted by Gasteiger charge is -2.22. The molecule has 8 nitrogen and oxygen atoms in total. The van der Waals surface area contributed by atoms with Gasteiger partial charge in [0.25, 0.3) is 0 Å². The number of benzene rings is 3. The highest BCUT2D eigenvalue weighted by molar-refractivity contribution is 6.28. The van der Waals surface area contributed by atoms with E-state index in [1.54, 1.807) is 24.3 Å². The van der Waals surface area contributed by atoms with Crippen molar-refractivity contribution in [3.63, 3.8) is 0 Å². The number of unbranched alkanes of at least 4 members (excludes halogenated alkanes) is 1. The zero-order chi connectivity index (χ0) is 27.9. The fourth-order valence-electron chi connectivity index (χ4n) is 3.84. The summed E-state index contributed by atoms with van der Waals surface area (Å²) in [6.07, 6.45) is 1.67. The molecule has 0 aliphatic carbocycles. The Morgan fingerprint density at radius 3 is 1.97 bits per heavy atom. The summed E-state index contributed by atoms with van der Waals surface area (Å²) in [6.45, 7) is 2.73. The van der Waals surface area contributed by atoms with Gasteiger partial charge in [0.15, 0.2) is 6.29 Å². The van der Waals surface area contributed by atoms with Crippen LogP contribution in [-0.4, -0.2) is 42.8 Å². The molecule has 3 aromatic rings. The maximum absolute atomic E-state index is 13.3. The Hall–Kier alpha value is -4.46. The Labute approximate surface area is 228 Å². The van der Waals surface area contributed by atoms with Gasteiger partial charge in [0.05, 0.1) is 12.6 Å². The van der Waals surface area contributed by atoms with Crippen LogP contribution in [0.25, 0.3) is 0 Å². The van der Waals surface area contributed by atoms with Gasteiger partial charge in [-0.2, -0.15) is 0 Å². The number of rotatable bonds is 15. The van der Waals surface area contributed by atoms with Gasteiger partial charge in [-0.25, -0.2) is 4.79 Å². The number of amides is 2. The zero-order valence-corrected chi connectivity index (χ0v) is 22.0. The number of aldehydes is 1. The van der Waals surface area contributed by atoms with Crippen LogP contribution in [0.5, 0.6) is 5.75 Å². The van der Waals surface area contributed by atoms with Crippen molar-refractivity contribution >= 4 is 24.1 Å². The third kappa shape index (κ3) is 10.1. The fraction of sp³-hybridized carbons (Fsp3) is 0.290. The van der Waals surface area contributed by atoms with E-state index in [2.05, 4.69) is 17.6 Å². The lowest BCUT2D eigenvalue weighted by atomic mass is 10.0. The van der Waals surface area contributed by atoms with E-state index in [9.17, 15) is 19.2 Å². The van der Waals surface area contributed by atoms with Gasteiger partial charge in [0.2, 0.25) is 11.7 Å². The normalized spacial score (nSPS) is 12.0. The minimum absolute atomic E-state index is 0.0384. The first-order chi connectivity index (χ1) is 19.0. The third-order valence-electron chi connectivity index (χ3n) is 6.01. The highest BCUT2D eigenvalue weighted by Crippen LogP contribution is 2.15. The number of hydrogen-bond donors (Lipinski definition) is 2. The quantitative estimate of drug-likeness (QED) is 0.173. The lowest BCUT2D eigenvalue weighted by molar-refractivity contribution is -0.133. The number of ether oxygens (including phenoxy) is 2. The van der Waals surface area contributed by atoms with Gasteiger partial charge in [0.1, 0.15) is 18.4 Å². The van der Waals surface area contributed by atoms with Crippen molar-refractivity contribution in [2.45, 2.75) is 51.3 Å². The van der Waals surface area contributed by atoms with Crippen molar-refractivity contribution in [2.24, 2.45) is 0 Å². The van der Waals surface area contributed by atoms with Gasteiger partial charge < -0.3 is 20.1 Å². The summed E-state index contributed by atoms with van der Waals surface area (Å²) < 4.78 is 11.0. The number of hydrogen-bond acceptors (Lipinski definition) is 6. The smallest absolute Gasteiger partial charge is 0.408 e. The molecule has 2 atom stereocenters. The van der Waals surface area contributed by atoms with Crippen molar-refractivity contribution in [3.05, 3.63) is 102 Å². The van der Waals surface area contributed by atoms with Crippen LogP contribution in [-0.2, 0) is 38.6 Å². The summed E-state index contributed by atoms with van der Waals surface area (Å²) in [6, 6.07) is 23.3. The highest BCUT2D eigenvalue weighted by atomic mass is 16.5. The molecule has 3 rings (SSSR count). The topological polar surface area (TPSA) is 111 Å². The van der Waals surface area contributed by atoms with E-state index in [0.717, 1.165) is 29.5 Å². The molecule has 0 spiro atoms. The van der Waals surface area contributed by atoms with Crippen LogP contribution >= 0.6 is 0 Å². The molecule has 8 heteroatoms. The van der Waals surface area contributed by atoms with Crippen molar-refractivity contribution in [2.75, 3.05) is 6.61 Å². The van der Waals surface area contributed by atoms with Crippen LogP contribution in [0, 0.1) is 0 Å². The first kappa shape index (κ1) is 29.1. The molecule has 0 heterocycles. The summed E-state index contributed by atoms with van der Waals surface area (Å²) in [4.78, 5) is 49.7. The Bertz CT molecular complexity index is 1200. The standard InChI is InChI=1S/C31H34N2O6/c1-2-3-18-38-26-16-14-24(15-17-26)19-27(29(35)21-34)32-30(36)28(20-23-10-6-4-7-11-23)33-31(37)39-22-25-12-8-5-9-13-25/h4-17,21,27-28H,2-3,18-20,22H2,1H3,(H,32,36)(H,33,37)/t27-,28-/m0/s1. The molecule has 3 aromatic carbocycles. The van der Waals surface area contributed by atoms with E-state index in [0.29, 0.717) is 12.4 Å². The molecule has 0 unspecified atom stereocenters. The Balaban J connectivity index is 1.68. The molecular weight excluding hydrogens is 496 g/mol. The molecule has 39 heavy (non-hydrogen) atoms. The van der Waals surface area contributed by atoms with Crippen LogP contribution in [0.4, 0.5) is 4.79 Å². The van der Waals surface area contributed by atoms with Gasteiger partial charge >= 0.3 is 6.09 Å². The van der Waals surface area contributed by atoms with E-state index in [4.69, 9.17) is 9.47 Å². The molecule has 2 N–H and O–H groups in total. The maximum atomic E-state index is 13.3. The number of alkyl carbamates (subject to hydrolysis) is 1. The second-order valence-corrected chi connectivity index (χ2v) is 9.08. The predicted molar refractivity (Wildman–Crippen MR) is 147 cm³/mol. The monoisotopic (exact) mass is 530 g/mol. The fourth-order valence-corrected chi connectivity index (χ4v) is 3.84. The van der Waals surface area contributed by atoms with Crippen molar-refractivity contribution < 1.29 is 28.7 Å². The van der Waals surface area contributed by atoms with Crippen molar-refractivity contribution in [1.29, 1.82) is 0 Å². The van der Waals surface area contributed by atoms with Gasteiger partial charge in [0, 0.05) is 12.8 Å².